The van der Waals surface area contributed by atoms with Gasteiger partial charge in [0.15, 0.2) is 5.82 Å². The highest BCUT2D eigenvalue weighted by Crippen LogP contribution is 2.39. The first-order chi connectivity index (χ1) is 16.2. The van der Waals surface area contributed by atoms with Gasteiger partial charge in [0.2, 0.25) is 0 Å². The number of benzene rings is 1. The zero-order valence-corrected chi connectivity index (χ0v) is 21.4. The molecule has 4 heterocycles. The second-order valence-electron chi connectivity index (χ2n) is 8.27. The normalized spacial score (nSPS) is 15.7. The molecule has 0 amide bonds. The average molecular weight is 565 g/mol. The highest BCUT2D eigenvalue weighted by Gasteiger charge is 2.26. The number of hydrogen-bond donors (Lipinski definition) is 2. The van der Waals surface area contributed by atoms with Gasteiger partial charge in [0.25, 0.3) is 10.0 Å². The number of halogens is 2. The standard InChI is InChI=1S/C22H22BrFN6O2S2/c1-29-9-7-13(8-10-29)30-11-15(19-21(25)26-12-27-22(19)30)14-3-2-4-16(20(14)24)28-34(31,32)18-6-5-17(23)33-18/h2-6,11-13,28H,7-10H2,1H3,(H2,25,26,27). The summed E-state index contributed by atoms with van der Waals surface area (Å²) in [4.78, 5) is 10.9. The fourth-order valence-corrected chi connectivity index (χ4v) is 7.39. The minimum atomic E-state index is -3.94. The van der Waals surface area contributed by atoms with Gasteiger partial charge in [-0.2, -0.15) is 0 Å². The van der Waals surface area contributed by atoms with Crippen LogP contribution in [0.25, 0.3) is 22.2 Å². The molecule has 8 nitrogen and oxygen atoms in total. The first-order valence-corrected chi connectivity index (χ1v) is 13.7. The predicted molar refractivity (Wildman–Crippen MR) is 136 cm³/mol. The van der Waals surface area contributed by atoms with E-state index in [1.54, 1.807) is 18.2 Å². The number of thiophene rings is 1. The van der Waals surface area contributed by atoms with Gasteiger partial charge in [-0.15, -0.1) is 11.3 Å². The molecule has 1 aliphatic heterocycles. The van der Waals surface area contributed by atoms with Crippen LogP contribution in [0.2, 0.25) is 0 Å². The number of sulfonamides is 1. The van der Waals surface area contributed by atoms with Crippen LogP contribution in [0.3, 0.4) is 0 Å². The van der Waals surface area contributed by atoms with E-state index in [1.807, 2.05) is 6.20 Å². The van der Waals surface area contributed by atoms with Crippen LogP contribution in [0.15, 0.2) is 50.9 Å². The number of piperidine rings is 1. The number of nitrogens with one attached hydrogen (secondary N) is 1. The van der Waals surface area contributed by atoms with Crippen LogP contribution in [0.5, 0.6) is 0 Å². The highest BCUT2D eigenvalue weighted by atomic mass is 79.9. The summed E-state index contributed by atoms with van der Waals surface area (Å²) in [6, 6.07) is 7.91. The van der Waals surface area contributed by atoms with Gasteiger partial charge in [-0.05, 0) is 67.1 Å². The number of likely N-dealkylation sites (tertiary alicyclic amines) is 1. The number of rotatable bonds is 5. The Hall–Kier alpha value is -2.54. The molecule has 12 heteroatoms. The molecule has 0 spiro atoms. The summed E-state index contributed by atoms with van der Waals surface area (Å²) in [6.45, 7) is 1.90. The number of nitrogens with zero attached hydrogens (tertiary/aromatic N) is 4. The Balaban J connectivity index is 1.59. The summed E-state index contributed by atoms with van der Waals surface area (Å²) in [5, 5.41) is 0.558. The third-order valence-electron chi connectivity index (χ3n) is 6.07. The minimum absolute atomic E-state index is 0.0840. The minimum Gasteiger partial charge on any atom is -0.383 e. The molecule has 34 heavy (non-hydrogen) atoms. The fourth-order valence-electron chi connectivity index (χ4n) is 4.32. The number of hydrogen-bond acceptors (Lipinski definition) is 7. The van der Waals surface area contributed by atoms with E-state index in [1.165, 1.54) is 18.5 Å². The maximum absolute atomic E-state index is 15.7. The van der Waals surface area contributed by atoms with E-state index in [2.05, 4.69) is 47.1 Å². The summed E-state index contributed by atoms with van der Waals surface area (Å²) in [6.07, 6.45) is 5.14. The van der Waals surface area contributed by atoms with E-state index in [0.717, 1.165) is 37.3 Å². The maximum atomic E-state index is 15.7. The van der Waals surface area contributed by atoms with Crippen molar-refractivity contribution < 1.29 is 12.8 Å². The van der Waals surface area contributed by atoms with E-state index in [9.17, 15) is 8.42 Å². The molecule has 0 atom stereocenters. The van der Waals surface area contributed by atoms with Gasteiger partial charge in [0.1, 0.15) is 22.0 Å². The van der Waals surface area contributed by atoms with Crippen LogP contribution in [-0.4, -0.2) is 48.0 Å². The summed E-state index contributed by atoms with van der Waals surface area (Å²) < 4.78 is 46.5. The lowest BCUT2D eigenvalue weighted by Crippen LogP contribution is -2.31. The van der Waals surface area contributed by atoms with Crippen LogP contribution in [0, 0.1) is 5.82 Å². The molecule has 1 saturated heterocycles. The van der Waals surface area contributed by atoms with Gasteiger partial charge in [0.05, 0.1) is 14.9 Å². The Morgan fingerprint density at radius 2 is 1.94 bits per heavy atom. The van der Waals surface area contributed by atoms with Crippen LogP contribution in [0.1, 0.15) is 18.9 Å². The van der Waals surface area contributed by atoms with E-state index >= 15 is 4.39 Å². The van der Waals surface area contributed by atoms with Gasteiger partial charge in [-0.25, -0.2) is 22.8 Å². The second kappa shape index (κ2) is 8.91. The average Bonchev–Trinajstić information content (AvgIpc) is 3.41. The van der Waals surface area contributed by atoms with E-state index in [-0.39, 0.29) is 27.3 Å². The Bertz CT molecular complexity index is 1480. The van der Waals surface area contributed by atoms with E-state index in [0.29, 0.717) is 20.4 Å². The molecule has 3 N–H and O–H groups in total. The van der Waals surface area contributed by atoms with Crippen molar-refractivity contribution in [3.63, 3.8) is 0 Å². The number of fused-ring (bicyclic) bond motifs is 1. The van der Waals surface area contributed by atoms with Crippen molar-refractivity contribution in [2.75, 3.05) is 30.6 Å². The molecular formula is C22H22BrFN6O2S2. The second-order valence-corrected chi connectivity index (χ2v) is 12.6. The molecule has 1 fully saturated rings. The molecule has 3 aromatic heterocycles. The molecule has 0 radical (unpaired) electrons. The van der Waals surface area contributed by atoms with Crippen LogP contribution in [0.4, 0.5) is 15.9 Å². The first kappa shape index (κ1) is 23.2. The molecule has 0 saturated carbocycles. The summed E-state index contributed by atoms with van der Waals surface area (Å²) >= 11 is 4.31. The monoisotopic (exact) mass is 564 g/mol. The molecule has 0 aliphatic carbocycles. The summed E-state index contributed by atoms with van der Waals surface area (Å²) in [7, 11) is -1.85. The van der Waals surface area contributed by atoms with Crippen LogP contribution < -0.4 is 10.5 Å². The Kier molecular flexibility index (Phi) is 6.09. The lowest BCUT2D eigenvalue weighted by molar-refractivity contribution is 0.224. The molecule has 1 aliphatic rings. The van der Waals surface area contributed by atoms with Gasteiger partial charge in [-0.3, -0.25) is 4.72 Å². The Labute approximate surface area is 208 Å². The number of aromatic nitrogens is 3. The lowest BCUT2D eigenvalue weighted by atomic mass is 10.0. The van der Waals surface area contributed by atoms with Crippen molar-refractivity contribution in [3.8, 4) is 11.1 Å². The zero-order chi connectivity index (χ0) is 24.0. The number of anilines is 2. The van der Waals surface area contributed by atoms with Gasteiger partial charge >= 0.3 is 0 Å². The molecule has 178 valence electrons. The van der Waals surface area contributed by atoms with Crippen molar-refractivity contribution in [3.05, 3.63) is 52.5 Å². The van der Waals surface area contributed by atoms with Gasteiger partial charge in [0, 0.05) is 23.4 Å². The van der Waals surface area contributed by atoms with Gasteiger partial charge < -0.3 is 15.2 Å². The van der Waals surface area contributed by atoms with Crippen molar-refractivity contribution >= 4 is 59.8 Å². The lowest BCUT2D eigenvalue weighted by Gasteiger charge is -2.30. The number of nitrogen functional groups attached to an aromatic ring is 1. The maximum Gasteiger partial charge on any atom is 0.271 e. The summed E-state index contributed by atoms with van der Waals surface area (Å²) in [5.41, 5.74) is 7.48. The summed E-state index contributed by atoms with van der Waals surface area (Å²) in [5.74, 6) is -0.437. The molecule has 0 bridgehead atoms. The third-order valence-corrected chi connectivity index (χ3v) is 9.55. The van der Waals surface area contributed by atoms with E-state index < -0.39 is 15.8 Å². The van der Waals surface area contributed by atoms with Crippen molar-refractivity contribution in [2.24, 2.45) is 0 Å². The van der Waals surface area contributed by atoms with Crippen LogP contribution in [-0.2, 0) is 10.0 Å². The largest absolute Gasteiger partial charge is 0.383 e. The van der Waals surface area contributed by atoms with Crippen LogP contribution >= 0.6 is 27.3 Å². The topological polar surface area (TPSA) is 106 Å². The third kappa shape index (κ3) is 4.19. The molecule has 4 aromatic rings. The molecule has 1 aromatic carbocycles. The Morgan fingerprint density at radius 1 is 1.18 bits per heavy atom. The SMILES string of the molecule is CN1CCC(n2cc(-c3cccc(NS(=O)(=O)c4ccc(Br)s4)c3F)c3c(N)ncnc32)CC1. The molecule has 5 rings (SSSR count). The van der Waals surface area contributed by atoms with Gasteiger partial charge in [-0.1, -0.05) is 12.1 Å². The smallest absolute Gasteiger partial charge is 0.271 e. The van der Waals surface area contributed by atoms with E-state index in [4.69, 9.17) is 5.73 Å². The molecular weight excluding hydrogens is 543 g/mol. The van der Waals surface area contributed by atoms with Crippen molar-refractivity contribution in [1.82, 2.24) is 19.4 Å². The highest BCUT2D eigenvalue weighted by molar-refractivity contribution is 9.11. The quantitative estimate of drug-likeness (QED) is 0.363. The van der Waals surface area contributed by atoms with Crippen molar-refractivity contribution in [2.45, 2.75) is 23.1 Å². The predicted octanol–water partition coefficient (Wildman–Crippen LogP) is 4.71. The Morgan fingerprint density at radius 3 is 2.65 bits per heavy atom. The van der Waals surface area contributed by atoms with Crippen molar-refractivity contribution in [1.29, 1.82) is 0 Å². The molecule has 0 unspecified atom stereocenters. The zero-order valence-electron chi connectivity index (χ0n) is 18.2. The first-order valence-electron chi connectivity index (χ1n) is 10.6. The number of nitrogens with two attached hydrogens (primary N) is 1. The fraction of sp³-hybridized carbons (Fsp3) is 0.273.